The number of thiol groups is 1. The normalized spacial score (nSPS) is 15.6. The van der Waals surface area contributed by atoms with E-state index in [2.05, 4.69) is 28.6 Å². The quantitative estimate of drug-likeness (QED) is 0.0865. The molecule has 0 rings (SSSR count). The summed E-state index contributed by atoms with van der Waals surface area (Å²) in [7, 11) is 0. The number of aliphatic carboxylic acids is 2. The summed E-state index contributed by atoms with van der Waals surface area (Å²) in [6.45, 7) is 1.48. The maximum atomic E-state index is 12.6. The van der Waals surface area contributed by atoms with E-state index in [4.69, 9.17) is 21.7 Å². The van der Waals surface area contributed by atoms with Crippen LogP contribution in [-0.2, 0) is 24.0 Å². The average Bonchev–Trinajstić information content (AvgIpc) is 2.68. The van der Waals surface area contributed by atoms with Gasteiger partial charge in [-0.15, -0.1) is 0 Å². The molecule has 178 valence electrons. The number of carbonyl (C=O) groups excluding carboxylic acids is 3. The Labute approximate surface area is 184 Å². The number of aliphatic hydroxyl groups is 1. The van der Waals surface area contributed by atoms with E-state index < -0.39 is 66.4 Å². The lowest BCUT2D eigenvalue weighted by atomic mass is 10.1. The van der Waals surface area contributed by atoms with Crippen LogP contribution in [0.3, 0.4) is 0 Å². The number of amides is 3. The molecule has 0 aromatic heterocycles. The van der Waals surface area contributed by atoms with Crippen molar-refractivity contribution in [3.05, 3.63) is 0 Å². The van der Waals surface area contributed by atoms with Crippen LogP contribution >= 0.6 is 12.6 Å². The van der Waals surface area contributed by atoms with Gasteiger partial charge in [0.2, 0.25) is 17.7 Å². The predicted molar refractivity (Wildman–Crippen MR) is 112 cm³/mol. The molecule has 5 unspecified atom stereocenters. The van der Waals surface area contributed by atoms with Crippen molar-refractivity contribution in [3.63, 3.8) is 0 Å². The van der Waals surface area contributed by atoms with Gasteiger partial charge in [-0.2, -0.15) is 12.6 Å². The van der Waals surface area contributed by atoms with Gasteiger partial charge in [0, 0.05) is 5.75 Å². The summed E-state index contributed by atoms with van der Waals surface area (Å²) in [5.41, 5.74) is 10.9. The van der Waals surface area contributed by atoms with E-state index in [0.29, 0.717) is 19.4 Å². The van der Waals surface area contributed by atoms with Gasteiger partial charge in [-0.3, -0.25) is 19.2 Å². The van der Waals surface area contributed by atoms with Crippen molar-refractivity contribution in [1.82, 2.24) is 16.0 Å². The Morgan fingerprint density at radius 1 is 0.935 bits per heavy atom. The highest BCUT2D eigenvalue weighted by Crippen LogP contribution is 2.05. The van der Waals surface area contributed by atoms with Crippen molar-refractivity contribution in [2.75, 3.05) is 12.3 Å². The van der Waals surface area contributed by atoms with Gasteiger partial charge in [0.15, 0.2) is 6.04 Å². The summed E-state index contributed by atoms with van der Waals surface area (Å²) >= 11 is 3.86. The molecule has 0 bridgehead atoms. The first kappa shape index (κ1) is 28.6. The second-order valence-corrected chi connectivity index (χ2v) is 7.22. The summed E-state index contributed by atoms with van der Waals surface area (Å²) in [5.74, 6) is -5.59. The van der Waals surface area contributed by atoms with Gasteiger partial charge in [0.1, 0.15) is 12.1 Å². The molecule has 0 aliphatic rings. The van der Waals surface area contributed by atoms with Gasteiger partial charge in [0.05, 0.1) is 18.6 Å². The van der Waals surface area contributed by atoms with Crippen molar-refractivity contribution in [1.29, 1.82) is 0 Å². The minimum Gasteiger partial charge on any atom is -0.481 e. The number of carboxylic acids is 2. The molecule has 0 saturated heterocycles. The molecule has 0 spiro atoms. The smallest absolute Gasteiger partial charge is 0.328 e. The minimum atomic E-state index is -1.62. The number of carboxylic acid groups (broad SMARTS) is 2. The fraction of sp³-hybridized carbons (Fsp3) is 0.706. The molecule has 0 heterocycles. The largest absolute Gasteiger partial charge is 0.481 e. The van der Waals surface area contributed by atoms with Gasteiger partial charge >= 0.3 is 11.9 Å². The third-order valence-electron chi connectivity index (χ3n) is 4.17. The molecule has 0 aliphatic carbocycles. The molecule has 31 heavy (non-hydrogen) atoms. The molecule has 0 saturated carbocycles. The van der Waals surface area contributed by atoms with Gasteiger partial charge in [-0.05, 0) is 32.7 Å². The molecule has 0 aliphatic heterocycles. The molecule has 0 fully saturated rings. The Morgan fingerprint density at radius 2 is 1.48 bits per heavy atom. The van der Waals surface area contributed by atoms with Crippen LogP contribution in [0.4, 0.5) is 0 Å². The van der Waals surface area contributed by atoms with Crippen molar-refractivity contribution >= 4 is 42.3 Å². The highest BCUT2D eigenvalue weighted by Gasteiger charge is 2.32. The van der Waals surface area contributed by atoms with Gasteiger partial charge in [-0.25, -0.2) is 4.79 Å². The lowest BCUT2D eigenvalue weighted by Crippen LogP contribution is -2.58. The Hall–Kier alpha value is -2.42. The van der Waals surface area contributed by atoms with Crippen LogP contribution in [0.2, 0.25) is 0 Å². The lowest BCUT2D eigenvalue weighted by Gasteiger charge is -2.25. The number of nitrogens with two attached hydrogens (primary N) is 2. The Kier molecular flexibility index (Phi) is 13.4. The first-order valence-corrected chi connectivity index (χ1v) is 10.2. The third kappa shape index (κ3) is 11.0. The van der Waals surface area contributed by atoms with Crippen molar-refractivity contribution in [2.24, 2.45) is 11.5 Å². The van der Waals surface area contributed by atoms with Crippen LogP contribution in [0, 0.1) is 0 Å². The molecule has 13 nitrogen and oxygen atoms in total. The average molecular weight is 466 g/mol. The Balaban J connectivity index is 5.47. The van der Waals surface area contributed by atoms with Gasteiger partial charge < -0.3 is 42.7 Å². The van der Waals surface area contributed by atoms with Crippen molar-refractivity contribution in [2.45, 2.75) is 62.9 Å². The van der Waals surface area contributed by atoms with Crippen LogP contribution < -0.4 is 27.4 Å². The first-order valence-electron chi connectivity index (χ1n) is 9.54. The number of aliphatic hydroxyl groups excluding tert-OH is 1. The molecule has 10 N–H and O–H groups in total. The molecule has 3 amide bonds. The van der Waals surface area contributed by atoms with Gasteiger partial charge in [0.25, 0.3) is 0 Å². The van der Waals surface area contributed by atoms with E-state index in [1.54, 1.807) is 0 Å². The van der Waals surface area contributed by atoms with Crippen LogP contribution in [0.15, 0.2) is 0 Å². The van der Waals surface area contributed by atoms with Crippen LogP contribution in [-0.4, -0.2) is 87.5 Å². The van der Waals surface area contributed by atoms with E-state index >= 15 is 0 Å². The molecule has 5 atom stereocenters. The summed E-state index contributed by atoms with van der Waals surface area (Å²) in [4.78, 5) is 59.4. The minimum absolute atomic E-state index is 0.0483. The van der Waals surface area contributed by atoms with Gasteiger partial charge in [-0.1, -0.05) is 0 Å². The molecular formula is C17H31N5O8S. The number of hydrogen-bond donors (Lipinski definition) is 9. The number of hydrogen-bond acceptors (Lipinski definition) is 9. The zero-order valence-electron chi connectivity index (χ0n) is 17.1. The first-order chi connectivity index (χ1) is 14.4. The van der Waals surface area contributed by atoms with Crippen LogP contribution in [0.5, 0.6) is 0 Å². The fourth-order valence-electron chi connectivity index (χ4n) is 2.42. The Morgan fingerprint density at radius 3 is 1.94 bits per heavy atom. The Bertz CT molecular complexity index is 648. The standard InChI is InChI=1S/C17H31N5O8S/c1-8(23)13(17(29)30)22-15(27)10(4-2-3-5-18)20-16(28)11(6-12(24)25)21-14(26)9(19)7-31/h8-11,13,23,31H,2-7,18-19H2,1H3,(H,20,28)(H,21,26)(H,22,27)(H,24,25)(H,29,30). The summed E-state index contributed by atoms with van der Waals surface area (Å²) < 4.78 is 0. The van der Waals surface area contributed by atoms with E-state index in [9.17, 15) is 29.1 Å². The number of rotatable bonds is 15. The second-order valence-electron chi connectivity index (χ2n) is 6.86. The topological polar surface area (TPSA) is 234 Å². The second kappa shape index (κ2) is 14.6. The number of nitrogens with one attached hydrogen (secondary N) is 3. The van der Waals surface area contributed by atoms with Crippen LogP contribution in [0.1, 0.15) is 32.6 Å². The van der Waals surface area contributed by atoms with Crippen molar-refractivity contribution in [3.8, 4) is 0 Å². The summed E-state index contributed by atoms with van der Waals surface area (Å²) in [6, 6.07) is -5.50. The fourth-order valence-corrected chi connectivity index (χ4v) is 2.59. The lowest BCUT2D eigenvalue weighted by molar-refractivity contribution is -0.145. The molecular weight excluding hydrogens is 434 g/mol. The maximum absolute atomic E-state index is 12.6. The zero-order chi connectivity index (χ0) is 24.1. The summed E-state index contributed by atoms with van der Waals surface area (Å²) in [5, 5.41) is 34.3. The third-order valence-corrected chi connectivity index (χ3v) is 4.56. The number of unbranched alkanes of at least 4 members (excludes halogenated alkanes) is 1. The monoisotopic (exact) mass is 465 g/mol. The molecule has 0 radical (unpaired) electrons. The SMILES string of the molecule is CC(O)C(NC(=O)C(CCCCN)NC(=O)C(CC(=O)O)NC(=O)C(N)CS)C(=O)O. The van der Waals surface area contributed by atoms with E-state index in [1.807, 2.05) is 0 Å². The zero-order valence-corrected chi connectivity index (χ0v) is 18.0. The molecule has 0 aromatic carbocycles. The van der Waals surface area contributed by atoms with E-state index in [1.165, 1.54) is 6.92 Å². The van der Waals surface area contributed by atoms with Crippen molar-refractivity contribution < 1.29 is 39.3 Å². The molecule has 0 aromatic rings. The highest BCUT2D eigenvalue weighted by molar-refractivity contribution is 7.80. The van der Waals surface area contributed by atoms with E-state index in [-0.39, 0.29) is 12.2 Å². The number of carbonyl (C=O) groups is 5. The van der Waals surface area contributed by atoms with E-state index in [0.717, 1.165) is 0 Å². The molecule has 14 heteroatoms. The predicted octanol–water partition coefficient (Wildman–Crippen LogP) is -3.23. The maximum Gasteiger partial charge on any atom is 0.328 e. The summed E-state index contributed by atoms with van der Waals surface area (Å²) in [6.07, 6.45) is -1.24. The highest BCUT2D eigenvalue weighted by atomic mass is 32.1. The van der Waals surface area contributed by atoms with Crippen LogP contribution in [0.25, 0.3) is 0 Å².